The van der Waals surface area contributed by atoms with Crippen LogP contribution in [0.15, 0.2) is 10.1 Å². The first kappa shape index (κ1) is 11.4. The topological polar surface area (TPSA) is 48.8 Å². The molecular formula is C7H16N4S. The van der Waals surface area contributed by atoms with Crippen molar-refractivity contribution < 1.29 is 0 Å². The first-order valence-electron chi connectivity index (χ1n) is 3.62. The molecule has 0 aliphatic heterocycles. The Kier molecular flexibility index (Phi) is 4.92. The van der Waals surface area contributed by atoms with Crippen LogP contribution in [0, 0.1) is 0 Å². The summed E-state index contributed by atoms with van der Waals surface area (Å²) in [6.07, 6.45) is 0. The Balaban J connectivity index is 3.82. The SMILES string of the molecule is C=NNC(=NC)SNC(C)(C)C. The van der Waals surface area contributed by atoms with E-state index in [1.54, 1.807) is 7.05 Å². The van der Waals surface area contributed by atoms with Gasteiger partial charge in [-0.2, -0.15) is 5.10 Å². The lowest BCUT2D eigenvalue weighted by Crippen LogP contribution is -2.33. The highest BCUT2D eigenvalue weighted by molar-refractivity contribution is 8.12. The van der Waals surface area contributed by atoms with Crippen LogP contribution >= 0.6 is 11.9 Å². The van der Waals surface area contributed by atoms with Crippen LogP contribution in [0.3, 0.4) is 0 Å². The van der Waals surface area contributed by atoms with E-state index < -0.39 is 0 Å². The highest BCUT2D eigenvalue weighted by Gasteiger charge is 2.10. The number of hydrogen-bond donors (Lipinski definition) is 2. The van der Waals surface area contributed by atoms with Crippen LogP contribution in [0.5, 0.6) is 0 Å². The molecule has 5 heteroatoms. The van der Waals surface area contributed by atoms with Crippen molar-refractivity contribution in [3.05, 3.63) is 0 Å². The summed E-state index contributed by atoms with van der Waals surface area (Å²) in [6.45, 7) is 9.54. The zero-order valence-corrected chi connectivity index (χ0v) is 8.83. The maximum Gasteiger partial charge on any atom is 0.192 e. The fraction of sp³-hybridized carbons (Fsp3) is 0.714. The van der Waals surface area contributed by atoms with Gasteiger partial charge in [0, 0.05) is 19.3 Å². The molecule has 0 unspecified atom stereocenters. The fourth-order valence-electron chi connectivity index (χ4n) is 0.388. The van der Waals surface area contributed by atoms with Gasteiger partial charge in [0.2, 0.25) is 0 Å². The monoisotopic (exact) mass is 188 g/mol. The van der Waals surface area contributed by atoms with Gasteiger partial charge in [0.1, 0.15) is 0 Å². The zero-order chi connectivity index (χ0) is 9.61. The number of rotatable bonds is 2. The van der Waals surface area contributed by atoms with E-state index in [-0.39, 0.29) is 5.54 Å². The molecule has 0 aliphatic carbocycles. The number of amidine groups is 1. The van der Waals surface area contributed by atoms with Crippen LogP contribution in [0.1, 0.15) is 20.8 Å². The molecule has 0 spiro atoms. The van der Waals surface area contributed by atoms with Gasteiger partial charge in [0.15, 0.2) is 5.17 Å². The third kappa shape index (κ3) is 6.18. The smallest absolute Gasteiger partial charge is 0.192 e. The van der Waals surface area contributed by atoms with E-state index in [0.717, 1.165) is 0 Å². The van der Waals surface area contributed by atoms with Crippen molar-refractivity contribution in [2.45, 2.75) is 26.3 Å². The molecule has 0 aliphatic rings. The van der Waals surface area contributed by atoms with E-state index in [2.05, 4.69) is 47.7 Å². The predicted octanol–water partition coefficient (Wildman–Crippen LogP) is 1.21. The van der Waals surface area contributed by atoms with Crippen molar-refractivity contribution in [3.63, 3.8) is 0 Å². The van der Waals surface area contributed by atoms with Crippen molar-refractivity contribution >= 4 is 23.8 Å². The highest BCUT2D eigenvalue weighted by atomic mass is 32.2. The van der Waals surface area contributed by atoms with Crippen LogP contribution in [0.4, 0.5) is 0 Å². The second-order valence-electron chi connectivity index (χ2n) is 3.25. The average Bonchev–Trinajstić information content (AvgIpc) is 1.96. The van der Waals surface area contributed by atoms with E-state index in [4.69, 9.17) is 0 Å². The van der Waals surface area contributed by atoms with Crippen LogP contribution in [-0.4, -0.2) is 24.5 Å². The lowest BCUT2D eigenvalue weighted by atomic mass is 10.1. The molecule has 70 valence electrons. The first-order valence-corrected chi connectivity index (χ1v) is 4.44. The highest BCUT2D eigenvalue weighted by Crippen LogP contribution is 2.06. The molecule has 2 N–H and O–H groups in total. The van der Waals surface area contributed by atoms with E-state index in [1.807, 2.05) is 0 Å². The number of nitrogens with zero attached hydrogens (tertiary/aromatic N) is 2. The number of hydrogen-bond acceptors (Lipinski definition) is 4. The molecule has 0 rings (SSSR count). The van der Waals surface area contributed by atoms with E-state index in [9.17, 15) is 0 Å². The van der Waals surface area contributed by atoms with Crippen molar-refractivity contribution in [1.82, 2.24) is 10.1 Å². The quantitative estimate of drug-likeness (QED) is 0.296. The third-order valence-corrected chi connectivity index (χ3v) is 2.01. The summed E-state index contributed by atoms with van der Waals surface area (Å²) in [5, 5.41) is 4.22. The maximum atomic E-state index is 3.95. The Morgan fingerprint density at radius 1 is 1.42 bits per heavy atom. The molecule has 0 fully saturated rings. The van der Waals surface area contributed by atoms with Gasteiger partial charge >= 0.3 is 0 Å². The van der Waals surface area contributed by atoms with E-state index in [1.165, 1.54) is 11.9 Å². The van der Waals surface area contributed by atoms with Gasteiger partial charge in [-0.3, -0.25) is 15.1 Å². The first-order chi connectivity index (χ1) is 5.49. The molecule has 12 heavy (non-hydrogen) atoms. The Hall–Kier alpha value is -0.550. The minimum atomic E-state index is 0.0590. The molecule has 0 aromatic rings. The summed E-state index contributed by atoms with van der Waals surface area (Å²) in [7, 11) is 1.70. The Labute approximate surface area is 78.0 Å². The summed E-state index contributed by atoms with van der Waals surface area (Å²) in [5.74, 6) is 0. The summed E-state index contributed by atoms with van der Waals surface area (Å²) >= 11 is 1.41. The summed E-state index contributed by atoms with van der Waals surface area (Å²) in [6, 6.07) is 0. The normalized spacial score (nSPS) is 12.8. The van der Waals surface area contributed by atoms with Crippen molar-refractivity contribution in [2.75, 3.05) is 7.05 Å². The lowest BCUT2D eigenvalue weighted by Gasteiger charge is -2.19. The average molecular weight is 188 g/mol. The fourth-order valence-corrected chi connectivity index (χ4v) is 0.992. The molecule has 0 aromatic carbocycles. The third-order valence-electron chi connectivity index (χ3n) is 0.832. The van der Waals surface area contributed by atoms with Crippen LogP contribution in [0.25, 0.3) is 0 Å². The molecule has 0 heterocycles. The maximum absolute atomic E-state index is 3.95. The summed E-state index contributed by atoms with van der Waals surface area (Å²) in [4.78, 5) is 3.95. The van der Waals surface area contributed by atoms with Crippen LogP contribution in [0.2, 0.25) is 0 Å². The molecule has 0 bridgehead atoms. The molecule has 0 aromatic heterocycles. The standard InChI is InChI=1S/C7H16N4S/c1-7(2,3)11-12-6(8-4)10-9-5/h11H,5H2,1-4H3,(H,8,10). The Morgan fingerprint density at radius 3 is 2.33 bits per heavy atom. The van der Waals surface area contributed by atoms with Gasteiger partial charge in [-0.1, -0.05) is 0 Å². The molecule has 0 saturated carbocycles. The Morgan fingerprint density at radius 2 is 2.00 bits per heavy atom. The minimum absolute atomic E-state index is 0.0590. The van der Waals surface area contributed by atoms with Crippen LogP contribution in [-0.2, 0) is 0 Å². The summed E-state index contributed by atoms with van der Waals surface area (Å²) < 4.78 is 3.19. The summed E-state index contributed by atoms with van der Waals surface area (Å²) in [5.41, 5.74) is 2.73. The van der Waals surface area contributed by atoms with Crippen LogP contribution < -0.4 is 10.1 Å². The predicted molar refractivity (Wildman–Crippen MR) is 56.5 cm³/mol. The number of aliphatic imine (C=N–C) groups is 1. The minimum Gasteiger partial charge on any atom is -0.264 e. The van der Waals surface area contributed by atoms with Gasteiger partial charge in [0.25, 0.3) is 0 Å². The largest absolute Gasteiger partial charge is 0.264 e. The van der Waals surface area contributed by atoms with Gasteiger partial charge in [-0.15, -0.1) is 0 Å². The van der Waals surface area contributed by atoms with Gasteiger partial charge in [0.05, 0.1) is 0 Å². The van der Waals surface area contributed by atoms with Gasteiger partial charge < -0.3 is 0 Å². The molecule has 0 saturated heterocycles. The van der Waals surface area contributed by atoms with Gasteiger partial charge in [-0.05, 0) is 32.7 Å². The number of nitrogens with one attached hydrogen (secondary N) is 2. The second kappa shape index (κ2) is 5.16. The molecule has 0 amide bonds. The van der Waals surface area contributed by atoms with Crippen molar-refractivity contribution in [3.8, 4) is 0 Å². The Bertz CT molecular complexity index is 171. The zero-order valence-electron chi connectivity index (χ0n) is 8.01. The number of hydrazone groups is 1. The van der Waals surface area contributed by atoms with E-state index in [0.29, 0.717) is 5.17 Å². The van der Waals surface area contributed by atoms with E-state index >= 15 is 0 Å². The van der Waals surface area contributed by atoms with Gasteiger partial charge in [-0.25, -0.2) is 0 Å². The van der Waals surface area contributed by atoms with Crippen molar-refractivity contribution in [1.29, 1.82) is 0 Å². The molecular weight excluding hydrogens is 172 g/mol. The lowest BCUT2D eigenvalue weighted by molar-refractivity contribution is 0.537. The van der Waals surface area contributed by atoms with Crippen molar-refractivity contribution in [2.24, 2.45) is 10.1 Å². The molecule has 0 radical (unpaired) electrons. The molecule has 0 atom stereocenters. The molecule has 4 nitrogen and oxygen atoms in total. The second-order valence-corrected chi connectivity index (χ2v) is 4.05.